The van der Waals surface area contributed by atoms with Crippen molar-refractivity contribution in [3.8, 4) is 6.07 Å². The molecular formula is C12H14N2. The molecule has 2 heteroatoms. The highest BCUT2D eigenvalue weighted by Gasteiger charge is 1.98. The van der Waals surface area contributed by atoms with Gasteiger partial charge in [-0.3, -0.25) is 0 Å². The van der Waals surface area contributed by atoms with E-state index in [0.717, 1.165) is 5.56 Å². The smallest absolute Gasteiger partial charge is 0.0663 e. The maximum Gasteiger partial charge on any atom is 0.0663 e. The van der Waals surface area contributed by atoms with Crippen LogP contribution in [0.3, 0.4) is 0 Å². The number of allylic oxidation sites excluding steroid dienone is 1. The Morgan fingerprint density at radius 2 is 2.07 bits per heavy atom. The molecule has 1 aromatic carbocycles. The van der Waals surface area contributed by atoms with Crippen LogP contribution < -0.4 is 4.90 Å². The summed E-state index contributed by atoms with van der Waals surface area (Å²) in [7, 11) is 4.02. The third kappa shape index (κ3) is 2.63. The van der Waals surface area contributed by atoms with Crippen LogP contribution in [-0.4, -0.2) is 14.1 Å². The summed E-state index contributed by atoms with van der Waals surface area (Å²) in [5.41, 5.74) is 2.31. The maximum atomic E-state index is 8.41. The van der Waals surface area contributed by atoms with Crippen LogP contribution in [0.25, 0.3) is 6.08 Å². The molecule has 0 aromatic heterocycles. The molecule has 0 heterocycles. The first-order valence-corrected chi connectivity index (χ1v) is 4.55. The Morgan fingerprint density at radius 1 is 1.36 bits per heavy atom. The maximum absolute atomic E-state index is 8.41. The molecule has 72 valence electrons. The zero-order valence-corrected chi connectivity index (χ0v) is 8.57. The van der Waals surface area contributed by atoms with Gasteiger partial charge in [-0.1, -0.05) is 30.4 Å². The summed E-state index contributed by atoms with van der Waals surface area (Å²) in [6.45, 7) is 0. The zero-order chi connectivity index (χ0) is 10.4. The highest BCUT2D eigenvalue weighted by Crippen LogP contribution is 2.19. The molecule has 14 heavy (non-hydrogen) atoms. The number of hydrogen-bond acceptors (Lipinski definition) is 2. The number of anilines is 1. The van der Waals surface area contributed by atoms with Crippen LogP contribution >= 0.6 is 0 Å². The van der Waals surface area contributed by atoms with Gasteiger partial charge in [0.2, 0.25) is 0 Å². The van der Waals surface area contributed by atoms with Gasteiger partial charge < -0.3 is 4.90 Å². The van der Waals surface area contributed by atoms with Crippen molar-refractivity contribution in [2.24, 2.45) is 0 Å². The van der Waals surface area contributed by atoms with Crippen LogP contribution in [0.4, 0.5) is 5.69 Å². The van der Waals surface area contributed by atoms with Crippen LogP contribution in [-0.2, 0) is 0 Å². The molecule has 0 aliphatic rings. The molecular weight excluding hydrogens is 172 g/mol. The predicted molar refractivity (Wildman–Crippen MR) is 60.0 cm³/mol. The fourth-order valence-corrected chi connectivity index (χ4v) is 1.27. The number of hydrogen-bond donors (Lipinski definition) is 0. The van der Waals surface area contributed by atoms with Crippen molar-refractivity contribution in [3.63, 3.8) is 0 Å². The molecule has 0 aliphatic heterocycles. The van der Waals surface area contributed by atoms with Gasteiger partial charge in [-0.25, -0.2) is 0 Å². The summed E-state index contributed by atoms with van der Waals surface area (Å²) < 4.78 is 0. The molecule has 1 rings (SSSR count). The van der Waals surface area contributed by atoms with E-state index in [9.17, 15) is 0 Å². The molecule has 0 saturated carbocycles. The second-order valence-electron chi connectivity index (χ2n) is 3.22. The molecule has 0 aliphatic carbocycles. The van der Waals surface area contributed by atoms with Crippen molar-refractivity contribution in [2.75, 3.05) is 19.0 Å². The lowest BCUT2D eigenvalue weighted by atomic mass is 10.1. The van der Waals surface area contributed by atoms with Gasteiger partial charge in [0, 0.05) is 19.8 Å². The quantitative estimate of drug-likeness (QED) is 0.725. The Balaban J connectivity index is 2.91. The molecule has 0 saturated heterocycles. The number of rotatable bonds is 3. The molecule has 0 radical (unpaired) electrons. The van der Waals surface area contributed by atoms with E-state index in [4.69, 9.17) is 5.26 Å². The summed E-state index contributed by atoms with van der Waals surface area (Å²) in [5, 5.41) is 8.41. The van der Waals surface area contributed by atoms with Crippen LogP contribution in [0.2, 0.25) is 0 Å². The van der Waals surface area contributed by atoms with Gasteiger partial charge in [-0.2, -0.15) is 5.26 Å². The average Bonchev–Trinajstić information content (AvgIpc) is 2.19. The number of benzene rings is 1. The van der Waals surface area contributed by atoms with E-state index in [2.05, 4.69) is 17.0 Å². The van der Waals surface area contributed by atoms with Crippen molar-refractivity contribution in [2.45, 2.75) is 6.42 Å². The lowest BCUT2D eigenvalue weighted by molar-refractivity contribution is 1.13. The Morgan fingerprint density at radius 3 is 2.71 bits per heavy atom. The monoisotopic (exact) mass is 186 g/mol. The fourth-order valence-electron chi connectivity index (χ4n) is 1.27. The standard InChI is InChI=1S/C12H14N2/c1-14(2)12-9-4-3-7-11(12)8-5-6-10-13/h3-5,7-9H,6H2,1-2H3. The van der Waals surface area contributed by atoms with Crippen LogP contribution in [0.1, 0.15) is 12.0 Å². The van der Waals surface area contributed by atoms with Gasteiger partial charge in [0.1, 0.15) is 0 Å². The number of nitrogens with zero attached hydrogens (tertiary/aromatic N) is 2. The van der Waals surface area contributed by atoms with Crippen molar-refractivity contribution >= 4 is 11.8 Å². The lowest BCUT2D eigenvalue weighted by Gasteiger charge is -2.15. The van der Waals surface area contributed by atoms with Gasteiger partial charge in [0.15, 0.2) is 0 Å². The van der Waals surface area contributed by atoms with Crippen molar-refractivity contribution in [3.05, 3.63) is 35.9 Å². The van der Waals surface area contributed by atoms with Crippen LogP contribution in [0, 0.1) is 11.3 Å². The van der Waals surface area contributed by atoms with Crippen molar-refractivity contribution < 1.29 is 0 Å². The third-order valence-corrected chi connectivity index (χ3v) is 1.93. The Labute approximate surface area is 85.1 Å². The zero-order valence-electron chi connectivity index (χ0n) is 8.57. The van der Waals surface area contributed by atoms with Gasteiger partial charge in [-0.05, 0) is 11.6 Å². The fraction of sp³-hybridized carbons (Fsp3) is 0.250. The molecule has 0 N–H and O–H groups in total. The Hall–Kier alpha value is -1.75. The second-order valence-corrected chi connectivity index (χ2v) is 3.22. The molecule has 0 atom stereocenters. The molecule has 0 fully saturated rings. The van der Waals surface area contributed by atoms with Crippen molar-refractivity contribution in [1.82, 2.24) is 0 Å². The summed E-state index contributed by atoms with van der Waals surface area (Å²) in [6, 6.07) is 10.2. The summed E-state index contributed by atoms with van der Waals surface area (Å²) in [6.07, 6.45) is 4.32. The Kier molecular flexibility index (Phi) is 3.75. The summed E-state index contributed by atoms with van der Waals surface area (Å²) in [5.74, 6) is 0. The van der Waals surface area contributed by atoms with E-state index in [0.29, 0.717) is 6.42 Å². The minimum Gasteiger partial charge on any atom is -0.377 e. The van der Waals surface area contributed by atoms with E-state index >= 15 is 0 Å². The molecule has 1 aromatic rings. The second kappa shape index (κ2) is 5.08. The van der Waals surface area contributed by atoms with Gasteiger partial charge in [-0.15, -0.1) is 0 Å². The van der Waals surface area contributed by atoms with Gasteiger partial charge in [0.05, 0.1) is 12.5 Å². The minimum absolute atomic E-state index is 0.460. The number of nitriles is 1. The van der Waals surface area contributed by atoms with E-state index < -0.39 is 0 Å². The SMILES string of the molecule is CN(C)c1ccccc1C=CCC#N. The highest BCUT2D eigenvalue weighted by molar-refractivity contribution is 5.67. The van der Waals surface area contributed by atoms with Gasteiger partial charge in [0.25, 0.3) is 0 Å². The van der Waals surface area contributed by atoms with E-state index in [-0.39, 0.29) is 0 Å². The molecule has 0 spiro atoms. The normalized spacial score (nSPS) is 10.1. The predicted octanol–water partition coefficient (Wildman–Crippen LogP) is 2.68. The Bertz CT molecular complexity index is 359. The first kappa shape index (κ1) is 10.3. The summed E-state index contributed by atoms with van der Waals surface area (Å²) >= 11 is 0. The van der Waals surface area contributed by atoms with E-state index in [1.54, 1.807) is 0 Å². The highest BCUT2D eigenvalue weighted by atomic mass is 15.1. The third-order valence-electron chi connectivity index (χ3n) is 1.93. The van der Waals surface area contributed by atoms with E-state index in [1.165, 1.54) is 5.69 Å². The number of para-hydroxylation sites is 1. The minimum atomic E-state index is 0.460. The van der Waals surface area contributed by atoms with Crippen LogP contribution in [0.15, 0.2) is 30.3 Å². The molecule has 0 bridgehead atoms. The van der Waals surface area contributed by atoms with Crippen LogP contribution in [0.5, 0.6) is 0 Å². The van der Waals surface area contributed by atoms with E-state index in [1.807, 2.05) is 44.4 Å². The topological polar surface area (TPSA) is 27.0 Å². The summed E-state index contributed by atoms with van der Waals surface area (Å²) in [4.78, 5) is 2.06. The lowest BCUT2D eigenvalue weighted by Crippen LogP contribution is -2.09. The first-order valence-electron chi connectivity index (χ1n) is 4.55. The largest absolute Gasteiger partial charge is 0.377 e. The molecule has 2 nitrogen and oxygen atoms in total. The molecule has 0 unspecified atom stereocenters. The average molecular weight is 186 g/mol. The van der Waals surface area contributed by atoms with Gasteiger partial charge >= 0.3 is 0 Å². The van der Waals surface area contributed by atoms with Crippen molar-refractivity contribution in [1.29, 1.82) is 5.26 Å². The molecule has 0 amide bonds. The first-order chi connectivity index (χ1) is 6.75.